The third kappa shape index (κ3) is 7.90. The van der Waals surface area contributed by atoms with Crippen LogP contribution in [0.15, 0.2) is 83.8 Å². The molecule has 4 rings (SSSR count). The number of carbonyl (C=O) groups excluding carboxylic acids is 2. The average Bonchev–Trinajstić information content (AvgIpc) is 3.73. The van der Waals surface area contributed by atoms with Gasteiger partial charge in [-0.05, 0) is 67.1 Å². The van der Waals surface area contributed by atoms with Gasteiger partial charge < -0.3 is 10.2 Å². The zero-order chi connectivity index (χ0) is 27.1. The van der Waals surface area contributed by atoms with Crippen LogP contribution in [0.3, 0.4) is 0 Å². The zero-order valence-corrected chi connectivity index (χ0v) is 22.8. The predicted octanol–water partition coefficient (Wildman–Crippen LogP) is 4.45. The first kappa shape index (κ1) is 27.8. The number of nitrogens with one attached hydrogen (secondary N) is 2. The van der Waals surface area contributed by atoms with Crippen molar-refractivity contribution in [3.63, 3.8) is 0 Å². The SMILES string of the molecule is CC(C(=O)NCc1ccc(Cl)cc1)N(Cc1ccccc1)C(=O)CCc1ccc(S(=O)(=O)NC2CC2)cc1. The summed E-state index contributed by atoms with van der Waals surface area (Å²) in [7, 11) is -3.52. The van der Waals surface area contributed by atoms with Crippen LogP contribution in [0.25, 0.3) is 0 Å². The van der Waals surface area contributed by atoms with E-state index in [0.29, 0.717) is 24.5 Å². The van der Waals surface area contributed by atoms with E-state index in [1.54, 1.807) is 48.2 Å². The van der Waals surface area contributed by atoms with Crippen LogP contribution in [0.2, 0.25) is 5.02 Å². The molecule has 0 radical (unpaired) electrons. The Hall–Kier alpha value is -3.20. The number of aryl methyl sites for hydroxylation is 1. The lowest BCUT2D eigenvalue weighted by atomic mass is 10.1. The van der Waals surface area contributed by atoms with Gasteiger partial charge in [-0.3, -0.25) is 9.59 Å². The number of benzene rings is 3. The molecule has 3 aromatic carbocycles. The van der Waals surface area contributed by atoms with Crippen LogP contribution < -0.4 is 10.0 Å². The van der Waals surface area contributed by atoms with Crippen LogP contribution in [-0.4, -0.2) is 37.2 Å². The highest BCUT2D eigenvalue weighted by Gasteiger charge is 2.28. The van der Waals surface area contributed by atoms with Gasteiger partial charge in [-0.2, -0.15) is 0 Å². The first-order chi connectivity index (χ1) is 18.2. The molecule has 2 N–H and O–H groups in total. The van der Waals surface area contributed by atoms with Crippen LogP contribution in [-0.2, 0) is 39.1 Å². The van der Waals surface area contributed by atoms with Gasteiger partial charge in [-0.15, -0.1) is 0 Å². The molecule has 0 aromatic heterocycles. The van der Waals surface area contributed by atoms with Gasteiger partial charge in [0.25, 0.3) is 0 Å². The largest absolute Gasteiger partial charge is 0.350 e. The minimum Gasteiger partial charge on any atom is -0.350 e. The second kappa shape index (κ2) is 12.6. The summed E-state index contributed by atoms with van der Waals surface area (Å²) in [4.78, 5) is 28.2. The molecule has 1 saturated carbocycles. The van der Waals surface area contributed by atoms with Gasteiger partial charge in [0, 0.05) is 30.6 Å². The van der Waals surface area contributed by atoms with Crippen molar-refractivity contribution in [2.24, 2.45) is 0 Å². The van der Waals surface area contributed by atoms with Gasteiger partial charge in [0.1, 0.15) is 6.04 Å². The second-order valence-corrected chi connectivity index (χ2v) is 11.7. The second-order valence-electron chi connectivity index (χ2n) is 9.57. The Morgan fingerprint density at radius 3 is 2.18 bits per heavy atom. The van der Waals surface area contributed by atoms with Crippen molar-refractivity contribution in [2.45, 2.75) is 62.7 Å². The summed E-state index contributed by atoms with van der Waals surface area (Å²) >= 11 is 5.94. The molecule has 9 heteroatoms. The molecule has 1 fully saturated rings. The third-order valence-electron chi connectivity index (χ3n) is 6.50. The van der Waals surface area contributed by atoms with Crippen molar-refractivity contribution in [2.75, 3.05) is 0 Å². The molecule has 0 saturated heterocycles. The summed E-state index contributed by atoms with van der Waals surface area (Å²) < 4.78 is 27.5. The van der Waals surface area contributed by atoms with Crippen LogP contribution in [0.1, 0.15) is 42.9 Å². The molecular weight excluding hydrogens is 522 g/mol. The molecule has 1 aliphatic rings. The maximum absolute atomic E-state index is 13.4. The quantitative estimate of drug-likeness (QED) is 0.346. The number of halogens is 1. The van der Waals surface area contributed by atoms with Crippen LogP contribution >= 0.6 is 11.6 Å². The van der Waals surface area contributed by atoms with Crippen molar-refractivity contribution >= 4 is 33.4 Å². The van der Waals surface area contributed by atoms with E-state index in [1.165, 1.54) is 0 Å². The number of hydrogen-bond acceptors (Lipinski definition) is 4. The maximum Gasteiger partial charge on any atom is 0.242 e. The highest BCUT2D eigenvalue weighted by Crippen LogP contribution is 2.22. The highest BCUT2D eigenvalue weighted by molar-refractivity contribution is 7.89. The van der Waals surface area contributed by atoms with Gasteiger partial charge in [0.2, 0.25) is 21.8 Å². The number of sulfonamides is 1. The average molecular weight is 554 g/mol. The van der Waals surface area contributed by atoms with E-state index >= 15 is 0 Å². The Bertz CT molecular complexity index is 1340. The molecule has 1 unspecified atom stereocenters. The fraction of sp³-hybridized carbons (Fsp3) is 0.310. The molecule has 1 aliphatic carbocycles. The minimum atomic E-state index is -3.52. The number of hydrogen-bond donors (Lipinski definition) is 2. The van der Waals surface area contributed by atoms with Gasteiger partial charge in [0.05, 0.1) is 4.90 Å². The van der Waals surface area contributed by atoms with Crippen molar-refractivity contribution in [1.29, 1.82) is 0 Å². The third-order valence-corrected chi connectivity index (χ3v) is 8.29. The summed E-state index contributed by atoms with van der Waals surface area (Å²) in [6.45, 7) is 2.36. The van der Waals surface area contributed by atoms with E-state index in [9.17, 15) is 18.0 Å². The lowest BCUT2D eigenvalue weighted by molar-refractivity contribution is -0.140. The number of nitrogens with zero attached hydrogens (tertiary/aromatic N) is 1. The van der Waals surface area contributed by atoms with E-state index in [4.69, 9.17) is 11.6 Å². The highest BCUT2D eigenvalue weighted by atomic mass is 35.5. The molecular formula is C29H32ClN3O4S. The first-order valence-electron chi connectivity index (χ1n) is 12.7. The Balaban J connectivity index is 1.39. The summed E-state index contributed by atoms with van der Waals surface area (Å²) in [6.07, 6.45) is 2.36. The van der Waals surface area contributed by atoms with Gasteiger partial charge in [-0.1, -0.05) is 66.2 Å². The molecule has 7 nitrogen and oxygen atoms in total. The lowest BCUT2D eigenvalue weighted by Gasteiger charge is -2.29. The zero-order valence-electron chi connectivity index (χ0n) is 21.3. The van der Waals surface area contributed by atoms with E-state index < -0.39 is 16.1 Å². The molecule has 0 aliphatic heterocycles. The summed E-state index contributed by atoms with van der Waals surface area (Å²) in [6, 6.07) is 22.7. The molecule has 2 amide bonds. The Morgan fingerprint density at radius 1 is 0.921 bits per heavy atom. The monoisotopic (exact) mass is 553 g/mol. The van der Waals surface area contributed by atoms with E-state index in [-0.39, 0.29) is 29.2 Å². The Kier molecular flexibility index (Phi) is 9.20. The fourth-order valence-electron chi connectivity index (χ4n) is 4.02. The van der Waals surface area contributed by atoms with Crippen molar-refractivity contribution in [3.8, 4) is 0 Å². The van der Waals surface area contributed by atoms with Crippen molar-refractivity contribution < 1.29 is 18.0 Å². The predicted molar refractivity (Wildman–Crippen MR) is 148 cm³/mol. The van der Waals surface area contributed by atoms with Crippen molar-refractivity contribution in [3.05, 3.63) is 101 Å². The molecule has 200 valence electrons. The molecule has 1 atom stereocenters. The summed E-state index contributed by atoms with van der Waals surface area (Å²) in [5, 5.41) is 3.54. The number of carbonyl (C=O) groups is 2. The number of amides is 2. The summed E-state index contributed by atoms with van der Waals surface area (Å²) in [5.74, 6) is -0.406. The molecule has 38 heavy (non-hydrogen) atoms. The van der Waals surface area contributed by atoms with E-state index in [1.807, 2.05) is 42.5 Å². The topological polar surface area (TPSA) is 95.6 Å². The van der Waals surface area contributed by atoms with Crippen LogP contribution in [0.5, 0.6) is 0 Å². The maximum atomic E-state index is 13.4. The van der Waals surface area contributed by atoms with Gasteiger partial charge in [0.15, 0.2) is 0 Å². The molecule has 0 heterocycles. The fourth-order valence-corrected chi connectivity index (χ4v) is 5.45. The van der Waals surface area contributed by atoms with E-state index in [0.717, 1.165) is 29.5 Å². The van der Waals surface area contributed by atoms with E-state index in [2.05, 4.69) is 10.0 Å². The smallest absolute Gasteiger partial charge is 0.242 e. The van der Waals surface area contributed by atoms with Gasteiger partial charge >= 0.3 is 0 Å². The molecule has 0 spiro atoms. The lowest BCUT2D eigenvalue weighted by Crippen LogP contribution is -2.47. The molecule has 0 bridgehead atoms. The van der Waals surface area contributed by atoms with Crippen LogP contribution in [0, 0.1) is 0 Å². The number of rotatable bonds is 12. The minimum absolute atomic E-state index is 0.0401. The first-order valence-corrected chi connectivity index (χ1v) is 14.5. The van der Waals surface area contributed by atoms with Gasteiger partial charge in [-0.25, -0.2) is 13.1 Å². The van der Waals surface area contributed by atoms with Crippen LogP contribution in [0.4, 0.5) is 0 Å². The normalized spacial score (nSPS) is 14.1. The Morgan fingerprint density at radius 2 is 1.55 bits per heavy atom. The summed E-state index contributed by atoms with van der Waals surface area (Å²) in [5.41, 5.74) is 2.69. The van der Waals surface area contributed by atoms with Crippen molar-refractivity contribution in [1.82, 2.24) is 14.9 Å². The Labute approximate surface area is 229 Å². The standard InChI is InChI=1S/C29H32ClN3O4S/c1-21(29(35)31-19-23-7-12-25(30)13-8-23)33(20-24-5-3-2-4-6-24)28(34)18-11-22-9-16-27(17-10-22)38(36,37)32-26-14-15-26/h2-10,12-13,16-17,21,26,32H,11,14-15,18-20H2,1H3,(H,31,35). The molecule has 3 aromatic rings.